The van der Waals surface area contributed by atoms with Gasteiger partial charge in [0.15, 0.2) is 0 Å². The van der Waals surface area contributed by atoms with E-state index in [9.17, 15) is 0 Å². The molecule has 0 atom stereocenters. The minimum atomic E-state index is 0. The summed E-state index contributed by atoms with van der Waals surface area (Å²) in [6, 6.07) is 8.45. The van der Waals surface area contributed by atoms with E-state index in [0.717, 1.165) is 6.42 Å². The molecule has 0 N–H and O–H groups in total. The van der Waals surface area contributed by atoms with Gasteiger partial charge in [0.1, 0.15) is 0 Å². The number of rotatable bonds is 2. The van der Waals surface area contributed by atoms with E-state index >= 15 is 0 Å². The molecule has 0 saturated carbocycles. The molecular formula is C13H24. The van der Waals surface area contributed by atoms with Crippen LogP contribution in [-0.4, -0.2) is 0 Å². The van der Waals surface area contributed by atoms with E-state index in [1.165, 1.54) is 11.1 Å². The van der Waals surface area contributed by atoms with Crippen LogP contribution in [0.3, 0.4) is 0 Å². The number of benzene rings is 1. The second-order valence-electron chi connectivity index (χ2n) is 2.30. The predicted octanol–water partition coefficient (Wildman–Crippen LogP) is 4.80. The highest BCUT2D eigenvalue weighted by molar-refractivity contribution is 5.47. The van der Waals surface area contributed by atoms with Crippen LogP contribution in [0.25, 0.3) is 6.08 Å². The molecule has 1 aromatic rings. The van der Waals surface area contributed by atoms with Gasteiger partial charge in [-0.15, -0.1) is 0 Å². The first-order chi connectivity index (χ1) is 4.86. The molecule has 0 aliphatic carbocycles. The highest BCUT2D eigenvalue weighted by Gasteiger charge is 1.86. The fourth-order valence-electron chi connectivity index (χ4n) is 0.889. The summed E-state index contributed by atoms with van der Waals surface area (Å²) in [5.74, 6) is 0. The highest BCUT2D eigenvalue weighted by Crippen LogP contribution is 2.05. The average molecular weight is 180 g/mol. The molecule has 0 aliphatic heterocycles. The molecule has 0 amide bonds. The molecule has 0 aromatic heterocycles. The average Bonchev–Trinajstić information content (AvgIpc) is 2.05. The summed E-state index contributed by atoms with van der Waals surface area (Å²) in [4.78, 5) is 0. The minimum absolute atomic E-state index is 0. The van der Waals surface area contributed by atoms with Gasteiger partial charge in [-0.3, -0.25) is 0 Å². The zero-order valence-corrected chi connectivity index (χ0v) is 6.30. The lowest BCUT2D eigenvalue weighted by atomic mass is 10.1. The molecule has 76 valence electrons. The van der Waals surface area contributed by atoms with Crippen molar-refractivity contribution in [2.75, 3.05) is 0 Å². The topological polar surface area (TPSA) is 0 Å². The lowest BCUT2D eigenvalue weighted by molar-refractivity contribution is 1.14. The molecule has 0 unspecified atom stereocenters. The van der Waals surface area contributed by atoms with E-state index in [-0.39, 0.29) is 22.3 Å². The van der Waals surface area contributed by atoms with Gasteiger partial charge >= 0.3 is 0 Å². The SMILES string of the molecule is C.C.C.C=Cc1ccc(CC)cc1. The van der Waals surface area contributed by atoms with Crippen molar-refractivity contribution >= 4 is 6.08 Å². The van der Waals surface area contributed by atoms with Crippen LogP contribution in [-0.2, 0) is 6.42 Å². The lowest BCUT2D eigenvalue weighted by Crippen LogP contribution is -1.78. The van der Waals surface area contributed by atoms with Gasteiger partial charge in [0.2, 0.25) is 0 Å². The first-order valence-corrected chi connectivity index (χ1v) is 3.58. The van der Waals surface area contributed by atoms with Crippen LogP contribution >= 0.6 is 0 Å². The monoisotopic (exact) mass is 180 g/mol. The van der Waals surface area contributed by atoms with Crippen LogP contribution in [0.4, 0.5) is 0 Å². The third-order valence-electron chi connectivity index (χ3n) is 1.62. The van der Waals surface area contributed by atoms with Gasteiger partial charge in [0.05, 0.1) is 0 Å². The van der Waals surface area contributed by atoms with Gasteiger partial charge < -0.3 is 0 Å². The Morgan fingerprint density at radius 2 is 1.54 bits per heavy atom. The van der Waals surface area contributed by atoms with Crippen LogP contribution in [0.5, 0.6) is 0 Å². The van der Waals surface area contributed by atoms with Crippen LogP contribution in [0, 0.1) is 0 Å². The Kier molecular flexibility index (Phi) is 12.5. The van der Waals surface area contributed by atoms with Crippen molar-refractivity contribution < 1.29 is 0 Å². The summed E-state index contributed by atoms with van der Waals surface area (Å²) in [5.41, 5.74) is 2.57. The van der Waals surface area contributed by atoms with Crippen molar-refractivity contribution in [3.05, 3.63) is 42.0 Å². The van der Waals surface area contributed by atoms with Gasteiger partial charge in [0.25, 0.3) is 0 Å². The van der Waals surface area contributed by atoms with Crippen LogP contribution in [0.1, 0.15) is 40.3 Å². The normalized spacial score (nSPS) is 7.15. The summed E-state index contributed by atoms with van der Waals surface area (Å²) >= 11 is 0. The van der Waals surface area contributed by atoms with Crippen molar-refractivity contribution in [2.45, 2.75) is 35.6 Å². The summed E-state index contributed by atoms with van der Waals surface area (Å²) in [6.07, 6.45) is 2.97. The van der Waals surface area contributed by atoms with E-state index in [1.54, 1.807) is 0 Å². The van der Waals surface area contributed by atoms with E-state index in [2.05, 4.69) is 37.8 Å². The molecule has 0 bridgehead atoms. The molecule has 0 heterocycles. The molecule has 1 aromatic carbocycles. The summed E-state index contributed by atoms with van der Waals surface area (Å²) in [7, 11) is 0. The largest absolute Gasteiger partial charge is 0.0985 e. The zero-order chi connectivity index (χ0) is 7.40. The standard InChI is InChI=1S/C10H12.3CH4/c1-3-9-5-7-10(4-2)8-6-9;;;/h3,5-8H,1,4H2,2H3;3*1H4. The molecule has 0 aliphatic rings. The zero-order valence-electron chi connectivity index (χ0n) is 6.30. The third-order valence-corrected chi connectivity index (χ3v) is 1.62. The van der Waals surface area contributed by atoms with Gasteiger partial charge in [0, 0.05) is 0 Å². The van der Waals surface area contributed by atoms with E-state index in [1.807, 2.05) is 6.08 Å². The maximum Gasteiger partial charge on any atom is -0.0262 e. The molecule has 0 nitrogen and oxygen atoms in total. The van der Waals surface area contributed by atoms with E-state index in [0.29, 0.717) is 0 Å². The van der Waals surface area contributed by atoms with Crippen LogP contribution < -0.4 is 0 Å². The summed E-state index contributed by atoms with van der Waals surface area (Å²) in [5, 5.41) is 0. The summed E-state index contributed by atoms with van der Waals surface area (Å²) < 4.78 is 0. The maximum atomic E-state index is 3.69. The highest BCUT2D eigenvalue weighted by atomic mass is 13.9. The molecule has 13 heavy (non-hydrogen) atoms. The lowest BCUT2D eigenvalue weighted by Gasteiger charge is -1.95. The van der Waals surface area contributed by atoms with Gasteiger partial charge in [-0.25, -0.2) is 0 Å². The van der Waals surface area contributed by atoms with Gasteiger partial charge in [-0.1, -0.05) is 66.1 Å². The van der Waals surface area contributed by atoms with Crippen LogP contribution in [0.15, 0.2) is 30.8 Å². The number of hydrogen-bond acceptors (Lipinski definition) is 0. The fraction of sp³-hybridized carbons (Fsp3) is 0.385. The maximum absolute atomic E-state index is 3.69. The molecular weight excluding hydrogens is 156 g/mol. The Morgan fingerprint density at radius 1 is 1.08 bits per heavy atom. The Morgan fingerprint density at radius 3 is 1.85 bits per heavy atom. The van der Waals surface area contributed by atoms with Crippen molar-refractivity contribution in [2.24, 2.45) is 0 Å². The molecule has 0 heteroatoms. The Balaban J connectivity index is -0.000000333. The minimum Gasteiger partial charge on any atom is -0.0985 e. The smallest absolute Gasteiger partial charge is 0.0262 e. The molecule has 1 rings (SSSR count). The fourth-order valence-corrected chi connectivity index (χ4v) is 0.889. The van der Waals surface area contributed by atoms with E-state index < -0.39 is 0 Å². The third kappa shape index (κ3) is 5.24. The van der Waals surface area contributed by atoms with Crippen molar-refractivity contribution in [1.82, 2.24) is 0 Å². The summed E-state index contributed by atoms with van der Waals surface area (Å²) in [6.45, 7) is 5.84. The molecule has 0 saturated heterocycles. The van der Waals surface area contributed by atoms with Crippen molar-refractivity contribution in [1.29, 1.82) is 0 Å². The molecule has 0 radical (unpaired) electrons. The second-order valence-corrected chi connectivity index (χ2v) is 2.30. The first kappa shape index (κ1) is 17.9. The Labute approximate surface area is 84.3 Å². The first-order valence-electron chi connectivity index (χ1n) is 3.58. The molecule has 0 spiro atoms. The second kappa shape index (κ2) is 9.05. The quantitative estimate of drug-likeness (QED) is 0.613. The Hall–Kier alpha value is -1.04. The molecule has 0 fully saturated rings. The van der Waals surface area contributed by atoms with Gasteiger partial charge in [-0.2, -0.15) is 0 Å². The Bertz CT molecular complexity index is 206. The van der Waals surface area contributed by atoms with Crippen LogP contribution in [0.2, 0.25) is 0 Å². The van der Waals surface area contributed by atoms with E-state index in [4.69, 9.17) is 0 Å². The number of hydrogen-bond donors (Lipinski definition) is 0. The van der Waals surface area contributed by atoms with Gasteiger partial charge in [-0.05, 0) is 17.5 Å². The predicted molar refractivity (Wildman–Crippen MR) is 66.1 cm³/mol. The number of aryl methyl sites for hydroxylation is 1. The van der Waals surface area contributed by atoms with Crippen molar-refractivity contribution in [3.8, 4) is 0 Å². The van der Waals surface area contributed by atoms with Crippen molar-refractivity contribution in [3.63, 3.8) is 0 Å².